The first-order valence-corrected chi connectivity index (χ1v) is 15.4. The molecule has 1 aromatic rings. The van der Waals surface area contributed by atoms with Crippen molar-refractivity contribution in [2.24, 2.45) is 17.8 Å². The van der Waals surface area contributed by atoms with E-state index in [1.165, 1.54) is 75.6 Å². The number of hydrogen-bond acceptors (Lipinski definition) is 3. The van der Waals surface area contributed by atoms with Gasteiger partial charge in [-0.05, 0) is 117 Å². The predicted octanol–water partition coefficient (Wildman–Crippen LogP) is 7.62. The third kappa shape index (κ3) is 3.72. The summed E-state index contributed by atoms with van der Waals surface area (Å²) >= 11 is 0. The summed E-state index contributed by atoms with van der Waals surface area (Å²) in [6, 6.07) is 5.86. The van der Waals surface area contributed by atoms with Gasteiger partial charge in [-0.25, -0.2) is 5.43 Å². The van der Waals surface area contributed by atoms with Crippen molar-refractivity contribution < 1.29 is 0 Å². The molecule has 38 heavy (non-hydrogen) atoms. The van der Waals surface area contributed by atoms with Crippen LogP contribution in [-0.2, 0) is 6.42 Å². The summed E-state index contributed by atoms with van der Waals surface area (Å²) in [6.07, 6.45) is 35.6. The Morgan fingerprint density at radius 2 is 1.71 bits per heavy atom. The number of fused-ring (bicyclic) bond motifs is 6. The molecule has 5 aliphatic carbocycles. The molecule has 7 aliphatic rings. The van der Waals surface area contributed by atoms with Gasteiger partial charge in [-0.1, -0.05) is 60.8 Å². The Hall–Kier alpha value is -2.78. The quantitative estimate of drug-likeness (QED) is 0.444. The Bertz CT molecular complexity index is 1300. The molecular weight excluding hydrogens is 462 g/mol. The van der Waals surface area contributed by atoms with Crippen LogP contribution in [0.5, 0.6) is 0 Å². The molecule has 1 saturated heterocycles. The van der Waals surface area contributed by atoms with E-state index in [0.29, 0.717) is 18.0 Å². The summed E-state index contributed by atoms with van der Waals surface area (Å²) in [5.41, 5.74) is 17.9. The summed E-state index contributed by atoms with van der Waals surface area (Å²) in [6.45, 7) is 0. The Balaban J connectivity index is 1.04. The highest BCUT2D eigenvalue weighted by atomic mass is 15.4. The zero-order valence-corrected chi connectivity index (χ0v) is 22.5. The van der Waals surface area contributed by atoms with Gasteiger partial charge in [-0.3, -0.25) is 0 Å². The molecule has 2 N–H and O–H groups in total. The lowest BCUT2D eigenvalue weighted by Gasteiger charge is -2.40. The molecule has 4 unspecified atom stereocenters. The first-order valence-electron chi connectivity index (χ1n) is 15.4. The topological polar surface area (TPSA) is 27.3 Å². The van der Waals surface area contributed by atoms with Crippen LogP contribution in [0.4, 0.5) is 5.69 Å². The van der Waals surface area contributed by atoms with E-state index in [2.05, 4.69) is 82.6 Å². The van der Waals surface area contributed by atoms with E-state index in [4.69, 9.17) is 0 Å². The van der Waals surface area contributed by atoms with E-state index in [0.717, 1.165) is 24.2 Å². The van der Waals surface area contributed by atoms with Crippen molar-refractivity contribution in [1.29, 1.82) is 0 Å². The fourth-order valence-electron chi connectivity index (χ4n) is 8.89. The Labute approximate surface area is 228 Å². The van der Waals surface area contributed by atoms with Crippen LogP contribution >= 0.6 is 0 Å². The summed E-state index contributed by atoms with van der Waals surface area (Å²) in [5, 5.41) is 0. The van der Waals surface area contributed by atoms with Crippen LogP contribution in [0.3, 0.4) is 0 Å². The zero-order valence-electron chi connectivity index (χ0n) is 22.5. The normalized spacial score (nSPS) is 34.9. The Morgan fingerprint density at radius 1 is 0.816 bits per heavy atom. The first-order chi connectivity index (χ1) is 18.8. The largest absolute Gasteiger partial charge is 0.337 e. The third-order valence-electron chi connectivity index (χ3n) is 10.8. The average molecular weight is 504 g/mol. The van der Waals surface area contributed by atoms with E-state index in [1.54, 1.807) is 28.0 Å². The number of anilines is 1. The van der Waals surface area contributed by atoms with Crippen molar-refractivity contribution >= 4 is 11.8 Å². The zero-order chi connectivity index (χ0) is 25.1. The van der Waals surface area contributed by atoms with Crippen molar-refractivity contribution in [1.82, 2.24) is 10.9 Å². The number of nitrogens with one attached hydrogen (secondary N) is 2. The highest BCUT2D eigenvalue weighted by molar-refractivity contribution is 5.78. The maximum absolute atomic E-state index is 3.65. The lowest BCUT2D eigenvalue weighted by molar-refractivity contribution is 0.173. The standard InChI is InChI=1S/C35H41N3/c1-2-9-27(10-3-1)38-32-20-19-26(22-30(32)34-28-11-5-4-8-24(28)18-21-33(34)38)23-14-16-25(17-15-23)35-29-12-6-7-13-31(29)36-37-35/h1-3,5,9,11-13,18,20-21,23,25-27,30,35-37H,4,6-8,10,14-17,19,22H2. The van der Waals surface area contributed by atoms with Gasteiger partial charge in [0, 0.05) is 23.0 Å². The van der Waals surface area contributed by atoms with Gasteiger partial charge >= 0.3 is 0 Å². The second-order valence-electron chi connectivity index (χ2n) is 12.7. The lowest BCUT2D eigenvalue weighted by atomic mass is 9.67. The van der Waals surface area contributed by atoms with Gasteiger partial charge in [-0.2, -0.15) is 0 Å². The predicted molar refractivity (Wildman–Crippen MR) is 157 cm³/mol. The molecule has 196 valence electrons. The number of nitrogens with zero attached hydrogens (tertiary/aromatic N) is 1. The molecule has 3 heteroatoms. The molecule has 0 bridgehead atoms. The van der Waals surface area contributed by atoms with Crippen LogP contribution < -0.4 is 15.8 Å². The number of rotatable bonds is 3. The van der Waals surface area contributed by atoms with Crippen molar-refractivity contribution in [3.05, 3.63) is 94.4 Å². The minimum Gasteiger partial charge on any atom is -0.337 e. The maximum Gasteiger partial charge on any atom is 0.0556 e. The number of hydrazine groups is 1. The van der Waals surface area contributed by atoms with Crippen LogP contribution in [0.25, 0.3) is 6.08 Å². The maximum atomic E-state index is 3.65. The van der Waals surface area contributed by atoms with E-state index >= 15 is 0 Å². The highest BCUT2D eigenvalue weighted by Crippen LogP contribution is 2.55. The second-order valence-corrected chi connectivity index (χ2v) is 12.7. The van der Waals surface area contributed by atoms with E-state index in [-0.39, 0.29) is 0 Å². The van der Waals surface area contributed by atoms with Crippen LogP contribution in [0.1, 0.15) is 86.8 Å². The van der Waals surface area contributed by atoms with Gasteiger partial charge in [0.1, 0.15) is 0 Å². The van der Waals surface area contributed by atoms with Gasteiger partial charge < -0.3 is 10.3 Å². The lowest BCUT2D eigenvalue weighted by Crippen LogP contribution is -2.39. The van der Waals surface area contributed by atoms with Crippen molar-refractivity contribution in [2.75, 3.05) is 4.90 Å². The number of benzene rings is 1. The van der Waals surface area contributed by atoms with Gasteiger partial charge in [0.15, 0.2) is 0 Å². The molecular formula is C35H41N3. The van der Waals surface area contributed by atoms with Gasteiger partial charge in [0.05, 0.1) is 12.1 Å². The summed E-state index contributed by atoms with van der Waals surface area (Å²) in [7, 11) is 0. The molecule has 0 amide bonds. The summed E-state index contributed by atoms with van der Waals surface area (Å²) in [5.74, 6) is 3.04. The van der Waals surface area contributed by atoms with Gasteiger partial charge in [0.25, 0.3) is 0 Å². The monoisotopic (exact) mass is 503 g/mol. The SMILES string of the molecule is C1=CCC(N2C3=CCC(C4CCC(C5NNC6=CCCC=C65)CC4)CC3c3c2ccc2c3C=CCC2)C=C1. The molecule has 2 heterocycles. The number of aryl methyl sites for hydroxylation is 1. The molecule has 0 spiro atoms. The third-order valence-corrected chi connectivity index (χ3v) is 10.8. The summed E-state index contributed by atoms with van der Waals surface area (Å²) in [4.78, 5) is 2.72. The molecule has 1 saturated carbocycles. The van der Waals surface area contributed by atoms with Gasteiger partial charge in [-0.15, -0.1) is 0 Å². The molecule has 3 nitrogen and oxygen atoms in total. The van der Waals surface area contributed by atoms with Crippen molar-refractivity contribution in [3.63, 3.8) is 0 Å². The second kappa shape index (κ2) is 9.45. The molecule has 0 aromatic heterocycles. The van der Waals surface area contributed by atoms with Crippen molar-refractivity contribution in [3.8, 4) is 0 Å². The average Bonchev–Trinajstić information content (AvgIpc) is 3.57. The first kappa shape index (κ1) is 23.1. The summed E-state index contributed by atoms with van der Waals surface area (Å²) < 4.78 is 0. The molecule has 2 aliphatic heterocycles. The van der Waals surface area contributed by atoms with E-state index in [9.17, 15) is 0 Å². The number of allylic oxidation sites excluding steroid dienone is 7. The molecule has 2 fully saturated rings. The number of hydrogen-bond donors (Lipinski definition) is 2. The Kier molecular flexibility index (Phi) is 5.75. The van der Waals surface area contributed by atoms with E-state index in [1.807, 2.05) is 0 Å². The fourth-order valence-corrected chi connectivity index (χ4v) is 8.89. The van der Waals surface area contributed by atoms with E-state index < -0.39 is 0 Å². The molecule has 0 radical (unpaired) electrons. The van der Waals surface area contributed by atoms with Crippen LogP contribution in [0, 0.1) is 17.8 Å². The minimum atomic E-state index is 0.452. The molecule has 4 atom stereocenters. The van der Waals surface area contributed by atoms with Crippen LogP contribution in [0.15, 0.2) is 77.7 Å². The van der Waals surface area contributed by atoms with Crippen LogP contribution in [0.2, 0.25) is 0 Å². The van der Waals surface area contributed by atoms with Crippen molar-refractivity contribution in [2.45, 2.75) is 88.6 Å². The smallest absolute Gasteiger partial charge is 0.0556 e. The molecule has 8 rings (SSSR count). The molecule has 1 aromatic carbocycles. The van der Waals surface area contributed by atoms with Gasteiger partial charge in [0.2, 0.25) is 0 Å². The minimum absolute atomic E-state index is 0.452. The Morgan fingerprint density at radius 3 is 2.61 bits per heavy atom. The van der Waals surface area contributed by atoms with Crippen LogP contribution in [-0.4, -0.2) is 12.1 Å². The highest BCUT2D eigenvalue weighted by Gasteiger charge is 2.44. The fraction of sp³-hybridized carbons (Fsp3) is 0.486.